The predicted octanol–water partition coefficient (Wildman–Crippen LogP) is 1.01. The van der Waals surface area contributed by atoms with Crippen molar-refractivity contribution in [2.24, 2.45) is 7.05 Å². The van der Waals surface area contributed by atoms with E-state index < -0.39 is 4.92 Å². The Hall–Kier alpha value is -2.71. The van der Waals surface area contributed by atoms with Crippen LogP contribution in [0.2, 0.25) is 0 Å². The molecule has 2 heterocycles. The summed E-state index contributed by atoms with van der Waals surface area (Å²) in [6.07, 6.45) is 3.49. The molecule has 9 nitrogen and oxygen atoms in total. The molecule has 100 valence electrons. The molecule has 0 atom stereocenters. The zero-order valence-electron chi connectivity index (χ0n) is 10.5. The van der Waals surface area contributed by atoms with E-state index >= 15 is 0 Å². The summed E-state index contributed by atoms with van der Waals surface area (Å²) in [5.74, 6) is 0.0234. The Bertz CT molecular complexity index is 622. The van der Waals surface area contributed by atoms with E-state index in [0.29, 0.717) is 12.1 Å². The lowest BCUT2D eigenvalue weighted by Gasteiger charge is -2.05. The highest BCUT2D eigenvalue weighted by atomic mass is 16.6. The molecule has 2 aromatic rings. The van der Waals surface area contributed by atoms with E-state index in [1.165, 1.54) is 0 Å². The Kier molecular flexibility index (Phi) is 3.27. The van der Waals surface area contributed by atoms with Crippen molar-refractivity contribution < 1.29 is 4.92 Å². The van der Waals surface area contributed by atoms with Crippen LogP contribution in [-0.4, -0.2) is 24.7 Å². The van der Waals surface area contributed by atoms with Gasteiger partial charge in [-0.2, -0.15) is 10.1 Å². The molecule has 0 aliphatic rings. The normalized spacial score (nSPS) is 10.4. The molecule has 0 aliphatic carbocycles. The molecule has 0 amide bonds. The summed E-state index contributed by atoms with van der Waals surface area (Å²) in [5, 5.41) is 18.0. The second kappa shape index (κ2) is 4.88. The molecule has 2 rings (SSSR count). The number of nitrogen functional groups attached to an aromatic ring is 1. The first-order valence-electron chi connectivity index (χ1n) is 5.57. The highest BCUT2D eigenvalue weighted by Gasteiger charge is 2.18. The van der Waals surface area contributed by atoms with Crippen LogP contribution in [0.5, 0.6) is 0 Å². The maximum absolute atomic E-state index is 10.9. The third-order valence-electron chi connectivity index (χ3n) is 2.48. The third-order valence-corrected chi connectivity index (χ3v) is 2.48. The van der Waals surface area contributed by atoms with Crippen molar-refractivity contribution in [1.29, 1.82) is 0 Å². The van der Waals surface area contributed by atoms with Gasteiger partial charge in [-0.25, -0.2) is 4.98 Å². The number of hydrogen-bond donors (Lipinski definition) is 2. The van der Waals surface area contributed by atoms with Gasteiger partial charge in [0.25, 0.3) is 0 Å². The molecule has 0 aliphatic heterocycles. The van der Waals surface area contributed by atoms with Crippen LogP contribution in [0.1, 0.15) is 12.6 Å². The van der Waals surface area contributed by atoms with Crippen LogP contribution < -0.4 is 11.1 Å². The summed E-state index contributed by atoms with van der Waals surface area (Å²) in [7, 11) is 1.77. The van der Waals surface area contributed by atoms with Crippen LogP contribution in [0.4, 0.5) is 23.1 Å². The number of nitrogens with zero attached hydrogens (tertiary/aromatic N) is 5. The highest BCUT2D eigenvalue weighted by molar-refractivity contribution is 5.66. The maximum Gasteiger partial charge on any atom is 0.329 e. The quantitative estimate of drug-likeness (QED) is 0.622. The summed E-state index contributed by atoms with van der Waals surface area (Å²) in [6.45, 7) is 1.94. The summed E-state index contributed by atoms with van der Waals surface area (Å²) in [5.41, 5.74) is 6.66. The predicted molar refractivity (Wildman–Crippen MR) is 69.0 cm³/mol. The zero-order valence-corrected chi connectivity index (χ0v) is 10.5. The van der Waals surface area contributed by atoms with Crippen molar-refractivity contribution in [3.8, 4) is 0 Å². The van der Waals surface area contributed by atoms with Gasteiger partial charge in [-0.15, -0.1) is 0 Å². The van der Waals surface area contributed by atoms with E-state index in [1.54, 1.807) is 17.9 Å². The SMILES string of the molecule is CCc1nn(C)cc1Nc1nc(N)ncc1[N+](=O)[O-]. The van der Waals surface area contributed by atoms with Crippen LogP contribution >= 0.6 is 0 Å². The minimum Gasteiger partial charge on any atom is -0.368 e. The van der Waals surface area contributed by atoms with E-state index in [1.807, 2.05) is 6.92 Å². The average molecular weight is 263 g/mol. The fourth-order valence-corrected chi connectivity index (χ4v) is 1.64. The summed E-state index contributed by atoms with van der Waals surface area (Å²) < 4.78 is 1.62. The van der Waals surface area contributed by atoms with Crippen molar-refractivity contribution in [2.75, 3.05) is 11.1 Å². The van der Waals surface area contributed by atoms with Gasteiger partial charge in [0, 0.05) is 13.2 Å². The summed E-state index contributed by atoms with van der Waals surface area (Å²) in [4.78, 5) is 17.8. The molecular weight excluding hydrogens is 250 g/mol. The van der Waals surface area contributed by atoms with Gasteiger partial charge in [0.15, 0.2) is 0 Å². The average Bonchev–Trinajstić information content (AvgIpc) is 2.69. The number of aryl methyl sites for hydroxylation is 2. The molecule has 9 heteroatoms. The molecule has 0 saturated carbocycles. The molecule has 0 unspecified atom stereocenters. The highest BCUT2D eigenvalue weighted by Crippen LogP contribution is 2.26. The first-order chi connectivity index (χ1) is 9.01. The summed E-state index contributed by atoms with van der Waals surface area (Å²) >= 11 is 0. The molecule has 0 bridgehead atoms. The van der Waals surface area contributed by atoms with E-state index in [9.17, 15) is 10.1 Å². The number of rotatable bonds is 4. The third kappa shape index (κ3) is 2.59. The van der Waals surface area contributed by atoms with Gasteiger partial charge >= 0.3 is 5.69 Å². The number of aromatic nitrogens is 4. The van der Waals surface area contributed by atoms with Crippen molar-refractivity contribution in [3.05, 3.63) is 28.2 Å². The smallest absolute Gasteiger partial charge is 0.329 e. The van der Waals surface area contributed by atoms with Gasteiger partial charge in [-0.3, -0.25) is 14.8 Å². The van der Waals surface area contributed by atoms with Gasteiger partial charge in [0.2, 0.25) is 11.8 Å². The second-order valence-corrected chi connectivity index (χ2v) is 3.86. The molecule has 0 saturated heterocycles. The number of nitrogens with one attached hydrogen (secondary N) is 1. The van der Waals surface area contributed by atoms with Crippen LogP contribution in [0.3, 0.4) is 0 Å². The topological polar surface area (TPSA) is 125 Å². The van der Waals surface area contributed by atoms with Gasteiger partial charge in [-0.05, 0) is 6.42 Å². The minimum absolute atomic E-state index is 0.0324. The van der Waals surface area contributed by atoms with Gasteiger partial charge in [-0.1, -0.05) is 6.92 Å². The molecule has 0 aromatic carbocycles. The molecular formula is C10H13N7O2. The van der Waals surface area contributed by atoms with Crippen LogP contribution in [0, 0.1) is 10.1 Å². The Morgan fingerprint density at radius 2 is 2.32 bits per heavy atom. The van der Waals surface area contributed by atoms with Gasteiger partial charge in [0.05, 0.1) is 16.3 Å². The van der Waals surface area contributed by atoms with Crippen LogP contribution in [0.25, 0.3) is 0 Å². The first kappa shape index (κ1) is 12.7. The Labute approximate surface area is 108 Å². The van der Waals surface area contributed by atoms with Crippen LogP contribution in [0.15, 0.2) is 12.4 Å². The second-order valence-electron chi connectivity index (χ2n) is 3.86. The van der Waals surface area contributed by atoms with Crippen LogP contribution in [-0.2, 0) is 13.5 Å². The monoisotopic (exact) mass is 263 g/mol. The largest absolute Gasteiger partial charge is 0.368 e. The van der Waals surface area contributed by atoms with Crippen molar-refractivity contribution >= 4 is 23.1 Å². The molecule has 2 aromatic heterocycles. The Morgan fingerprint density at radius 3 is 2.95 bits per heavy atom. The maximum atomic E-state index is 10.9. The number of hydrogen-bond acceptors (Lipinski definition) is 7. The fraction of sp³-hybridized carbons (Fsp3) is 0.300. The van der Waals surface area contributed by atoms with Crippen molar-refractivity contribution in [2.45, 2.75) is 13.3 Å². The van der Waals surface area contributed by atoms with Crippen molar-refractivity contribution in [1.82, 2.24) is 19.7 Å². The molecule has 19 heavy (non-hydrogen) atoms. The lowest BCUT2D eigenvalue weighted by Crippen LogP contribution is -2.04. The molecule has 0 fully saturated rings. The lowest BCUT2D eigenvalue weighted by atomic mass is 10.3. The molecule has 0 radical (unpaired) electrons. The Morgan fingerprint density at radius 1 is 1.58 bits per heavy atom. The Balaban J connectivity index is 2.42. The minimum atomic E-state index is -0.566. The van der Waals surface area contributed by atoms with E-state index in [-0.39, 0.29) is 17.5 Å². The zero-order chi connectivity index (χ0) is 14.0. The summed E-state index contributed by atoms with van der Waals surface area (Å²) in [6, 6.07) is 0. The lowest BCUT2D eigenvalue weighted by molar-refractivity contribution is -0.384. The first-order valence-corrected chi connectivity index (χ1v) is 5.57. The number of nitrogens with two attached hydrogens (primary N) is 1. The number of anilines is 3. The van der Waals surface area contributed by atoms with E-state index in [2.05, 4.69) is 20.4 Å². The fourth-order valence-electron chi connectivity index (χ4n) is 1.64. The van der Waals surface area contributed by atoms with E-state index in [0.717, 1.165) is 11.9 Å². The standard InChI is InChI=1S/C10H13N7O2/c1-3-6-7(5-16(2)15-6)13-9-8(17(18)19)4-12-10(11)14-9/h4-5H,3H2,1-2H3,(H3,11,12,13,14). The van der Waals surface area contributed by atoms with Gasteiger partial charge in [0.1, 0.15) is 6.20 Å². The number of nitro groups is 1. The molecule has 0 spiro atoms. The van der Waals surface area contributed by atoms with Crippen molar-refractivity contribution in [3.63, 3.8) is 0 Å². The van der Waals surface area contributed by atoms with E-state index in [4.69, 9.17) is 5.73 Å². The van der Waals surface area contributed by atoms with Gasteiger partial charge < -0.3 is 11.1 Å². The molecule has 3 N–H and O–H groups in total.